The number of carbonyl (C=O) groups excluding carboxylic acids is 1. The molecule has 250 valence electrons. The molecular weight excluding hydrogens is 632 g/mol. The van der Waals surface area contributed by atoms with Crippen molar-refractivity contribution < 1.29 is 38.3 Å². The van der Waals surface area contributed by atoms with Gasteiger partial charge in [-0.25, -0.2) is 4.79 Å². The number of nitro benzene ring substituents is 2. The second-order valence-electron chi connectivity index (χ2n) is 10.8. The first-order valence-electron chi connectivity index (χ1n) is 15.2. The van der Waals surface area contributed by atoms with Crippen LogP contribution in [0.5, 0.6) is 23.0 Å². The van der Waals surface area contributed by atoms with Gasteiger partial charge in [0.2, 0.25) is 0 Å². The third-order valence-electron chi connectivity index (χ3n) is 7.33. The summed E-state index contributed by atoms with van der Waals surface area (Å²) in [5.41, 5.74) is 2.78. The van der Waals surface area contributed by atoms with Crippen molar-refractivity contribution in [1.82, 2.24) is 0 Å². The molecule has 0 spiro atoms. The van der Waals surface area contributed by atoms with Crippen LogP contribution < -0.4 is 18.9 Å². The molecule has 0 saturated carbocycles. The Morgan fingerprint density at radius 2 is 1.08 bits per heavy atom. The van der Waals surface area contributed by atoms with Crippen molar-refractivity contribution >= 4 is 17.3 Å². The summed E-state index contributed by atoms with van der Waals surface area (Å²) in [6.07, 6.45) is 0.828. The lowest BCUT2D eigenvalue weighted by Gasteiger charge is -2.34. The normalized spacial score (nSPS) is 11.0. The van der Waals surface area contributed by atoms with E-state index in [4.69, 9.17) is 23.7 Å². The van der Waals surface area contributed by atoms with Gasteiger partial charge in [0.25, 0.3) is 11.4 Å². The summed E-state index contributed by atoms with van der Waals surface area (Å²) >= 11 is 0. The maximum atomic E-state index is 12.6. The van der Waals surface area contributed by atoms with E-state index in [0.29, 0.717) is 23.5 Å². The van der Waals surface area contributed by atoms with Gasteiger partial charge in [0.15, 0.2) is 0 Å². The molecule has 0 heterocycles. The molecule has 12 heteroatoms. The number of rotatable bonds is 15. The summed E-state index contributed by atoms with van der Waals surface area (Å²) in [7, 11) is 1.56. The van der Waals surface area contributed by atoms with Crippen LogP contribution in [0.3, 0.4) is 0 Å². The van der Waals surface area contributed by atoms with Crippen LogP contribution in [0.4, 0.5) is 11.4 Å². The number of hydrogen-bond donors (Lipinski definition) is 0. The molecular formula is C37H32N2O10. The molecule has 12 nitrogen and oxygen atoms in total. The molecule has 0 aliphatic heterocycles. The summed E-state index contributed by atoms with van der Waals surface area (Å²) in [6.45, 7) is 1.98. The van der Waals surface area contributed by atoms with Gasteiger partial charge in [-0.05, 0) is 83.8 Å². The molecule has 0 aromatic heterocycles. The van der Waals surface area contributed by atoms with E-state index in [-0.39, 0.29) is 35.9 Å². The maximum Gasteiger partial charge on any atom is 0.371 e. The van der Waals surface area contributed by atoms with Crippen LogP contribution in [0, 0.1) is 20.2 Å². The molecule has 5 aromatic rings. The average molecular weight is 665 g/mol. The van der Waals surface area contributed by atoms with Gasteiger partial charge in [-0.15, -0.1) is 0 Å². The highest BCUT2D eigenvalue weighted by Gasteiger charge is 2.36. The Kier molecular flexibility index (Phi) is 10.8. The number of methoxy groups -OCH3 is 1. The first-order chi connectivity index (χ1) is 23.7. The first-order valence-corrected chi connectivity index (χ1v) is 15.2. The van der Waals surface area contributed by atoms with E-state index >= 15 is 0 Å². The zero-order valence-corrected chi connectivity index (χ0v) is 26.6. The number of benzene rings is 5. The summed E-state index contributed by atoms with van der Waals surface area (Å²) in [5.74, 6) is -0.539. The van der Waals surface area contributed by atoms with Crippen LogP contribution >= 0.6 is 0 Å². The van der Waals surface area contributed by atoms with Crippen molar-refractivity contribution in [2.24, 2.45) is 0 Å². The van der Waals surface area contributed by atoms with Crippen LogP contribution in [-0.2, 0) is 11.3 Å². The zero-order chi connectivity index (χ0) is 34.8. The van der Waals surface area contributed by atoms with Gasteiger partial charge in [-0.3, -0.25) is 20.2 Å². The molecule has 49 heavy (non-hydrogen) atoms. The lowest BCUT2D eigenvalue weighted by molar-refractivity contribution is -0.385. The van der Waals surface area contributed by atoms with Crippen molar-refractivity contribution in [3.8, 4) is 34.1 Å². The molecule has 0 aliphatic carbocycles. The minimum atomic E-state index is -1.67. The first kappa shape index (κ1) is 34.1. The van der Waals surface area contributed by atoms with E-state index in [1.54, 1.807) is 43.5 Å². The van der Waals surface area contributed by atoms with Gasteiger partial charge in [-0.2, -0.15) is 0 Å². The van der Waals surface area contributed by atoms with E-state index < -0.39 is 21.8 Å². The number of nitrogens with zero attached hydrogens (tertiary/aromatic N) is 2. The molecule has 0 fully saturated rings. The highest BCUT2D eigenvalue weighted by molar-refractivity contribution is 5.91. The molecule has 0 N–H and O–H groups in total. The van der Waals surface area contributed by atoms with E-state index in [2.05, 4.69) is 0 Å². The van der Waals surface area contributed by atoms with Crippen LogP contribution in [0.15, 0.2) is 121 Å². The predicted molar refractivity (Wildman–Crippen MR) is 180 cm³/mol. The maximum absolute atomic E-state index is 12.6. The van der Waals surface area contributed by atoms with Crippen LogP contribution in [0.2, 0.25) is 0 Å². The van der Waals surface area contributed by atoms with E-state index in [1.165, 1.54) is 48.5 Å². The van der Waals surface area contributed by atoms with Crippen LogP contribution in [0.1, 0.15) is 35.7 Å². The summed E-state index contributed by atoms with van der Waals surface area (Å²) in [4.78, 5) is 33.9. The van der Waals surface area contributed by atoms with E-state index in [9.17, 15) is 25.0 Å². The van der Waals surface area contributed by atoms with E-state index in [0.717, 1.165) is 16.7 Å². The number of non-ortho nitro benzene ring substituents is 2. The average Bonchev–Trinajstić information content (AvgIpc) is 3.12. The Morgan fingerprint density at radius 1 is 0.633 bits per heavy atom. The minimum Gasteiger partial charge on any atom is -0.497 e. The van der Waals surface area contributed by atoms with Gasteiger partial charge >= 0.3 is 11.9 Å². The van der Waals surface area contributed by atoms with Crippen molar-refractivity contribution in [1.29, 1.82) is 0 Å². The molecule has 0 radical (unpaired) electrons. The summed E-state index contributed by atoms with van der Waals surface area (Å²) < 4.78 is 29.3. The number of carbonyl (C=O) groups is 1. The third kappa shape index (κ3) is 8.96. The number of hydrogen-bond acceptors (Lipinski definition) is 10. The lowest BCUT2D eigenvalue weighted by Crippen LogP contribution is -2.45. The fourth-order valence-corrected chi connectivity index (χ4v) is 4.79. The Morgan fingerprint density at radius 3 is 1.53 bits per heavy atom. The van der Waals surface area contributed by atoms with Crippen molar-refractivity contribution in [2.75, 3.05) is 7.11 Å². The fraction of sp³-hybridized carbons (Fsp3) is 0.162. The summed E-state index contributed by atoms with van der Waals surface area (Å²) in [5, 5.41) is 22.3. The predicted octanol–water partition coefficient (Wildman–Crippen LogP) is 8.53. The zero-order valence-electron chi connectivity index (χ0n) is 26.6. The summed E-state index contributed by atoms with van der Waals surface area (Å²) in [6, 6.07) is 32.4. The van der Waals surface area contributed by atoms with Gasteiger partial charge in [0.1, 0.15) is 23.0 Å². The highest BCUT2D eigenvalue weighted by Crippen LogP contribution is 2.32. The van der Waals surface area contributed by atoms with Gasteiger partial charge in [0, 0.05) is 24.3 Å². The SMILES string of the molecule is CCCC(OCc1ccc(-c2ccc(C(=O)Oc3ccc(OC)cc3)cc2)cc1)(Oc1ccc([N+](=O)[O-])cc1)Oc1ccc([N+](=O)[O-])cc1. The quantitative estimate of drug-likeness (QED) is 0.0350. The monoisotopic (exact) mass is 664 g/mol. The Labute approximate surface area is 281 Å². The van der Waals surface area contributed by atoms with Gasteiger partial charge in [-0.1, -0.05) is 43.3 Å². The molecule has 0 unspecified atom stereocenters. The van der Waals surface area contributed by atoms with Crippen molar-refractivity contribution in [3.05, 3.63) is 153 Å². The lowest BCUT2D eigenvalue weighted by atomic mass is 10.0. The second kappa shape index (κ2) is 15.5. The molecule has 0 saturated heterocycles. The van der Waals surface area contributed by atoms with Gasteiger partial charge < -0.3 is 23.7 Å². The molecule has 5 rings (SSSR count). The van der Waals surface area contributed by atoms with Crippen molar-refractivity contribution in [2.45, 2.75) is 32.3 Å². The number of ether oxygens (including phenoxy) is 5. The van der Waals surface area contributed by atoms with E-state index in [1.807, 2.05) is 43.3 Å². The molecule has 5 aromatic carbocycles. The molecule has 0 atom stereocenters. The highest BCUT2D eigenvalue weighted by atomic mass is 16.9. The van der Waals surface area contributed by atoms with Crippen LogP contribution in [-0.4, -0.2) is 28.9 Å². The van der Waals surface area contributed by atoms with Gasteiger partial charge in [0.05, 0.1) is 35.5 Å². The Balaban J connectivity index is 1.30. The number of nitro groups is 2. The Hall–Kier alpha value is -6.27. The topological polar surface area (TPSA) is 150 Å². The van der Waals surface area contributed by atoms with Crippen molar-refractivity contribution in [3.63, 3.8) is 0 Å². The van der Waals surface area contributed by atoms with Crippen LogP contribution in [0.25, 0.3) is 11.1 Å². The molecule has 0 amide bonds. The second-order valence-corrected chi connectivity index (χ2v) is 10.8. The Bertz CT molecular complexity index is 1820. The smallest absolute Gasteiger partial charge is 0.371 e. The fourth-order valence-electron chi connectivity index (χ4n) is 4.79. The third-order valence-corrected chi connectivity index (χ3v) is 7.33. The molecule has 0 aliphatic rings. The largest absolute Gasteiger partial charge is 0.497 e. The molecule has 0 bridgehead atoms. The number of esters is 1. The minimum absolute atomic E-state index is 0.0659. The standard InChI is InChI=1S/C37H32N2O10/c1-3-24-37(48-34-16-12-30(13-17-34)38(41)42,49-35-18-14-31(15-19-35)39(43)44)46-25-26-4-6-27(7-5-26)28-8-10-29(11-9-28)36(40)47-33-22-20-32(45-2)21-23-33/h4-23H,3,24-25H2,1-2H3.